The summed E-state index contributed by atoms with van der Waals surface area (Å²) in [5, 5.41) is 0. The molecule has 0 radical (unpaired) electrons. The number of hydrogen-bond acceptors (Lipinski definition) is 6. The van der Waals surface area contributed by atoms with Crippen molar-refractivity contribution in [3.63, 3.8) is 0 Å². The molecule has 0 saturated carbocycles. The van der Waals surface area contributed by atoms with E-state index in [1.807, 2.05) is 0 Å². The standard InChI is InChI=1S/C30H22N6O6/c31-25(37)15-8-2-6-13(19(15)27(33)39)21-17-11-4-1-5-12(10-11)18(17)23(29(35)41)24(30(36)42)22(21)14-7-3-9-16(26(32)38)20(14)28(34)40/h1-10H,(H2,31,37)(H2,32,38)(H2,33,39)(H2,34,40)(H2,35,41)(H2,36,42). The van der Waals surface area contributed by atoms with Crippen molar-refractivity contribution in [3.05, 3.63) is 94.0 Å². The van der Waals surface area contributed by atoms with Crippen molar-refractivity contribution in [1.82, 2.24) is 0 Å². The van der Waals surface area contributed by atoms with Gasteiger partial charge in [-0.1, -0.05) is 42.5 Å². The third kappa shape index (κ3) is 3.93. The van der Waals surface area contributed by atoms with Crippen LogP contribution < -0.4 is 34.4 Å². The third-order valence-electron chi connectivity index (χ3n) is 7.12. The van der Waals surface area contributed by atoms with E-state index in [0.717, 1.165) is 0 Å². The van der Waals surface area contributed by atoms with Gasteiger partial charge in [0.05, 0.1) is 33.4 Å². The van der Waals surface area contributed by atoms with Crippen LogP contribution in [0.2, 0.25) is 0 Å². The predicted octanol–water partition coefficient (Wildman–Crippen LogP) is 1.26. The number of amides is 6. The van der Waals surface area contributed by atoms with Gasteiger partial charge in [-0.25, -0.2) is 0 Å². The van der Waals surface area contributed by atoms with E-state index < -0.39 is 41.0 Å². The Hall–Kier alpha value is -6.30. The van der Waals surface area contributed by atoms with Crippen LogP contribution in [-0.2, 0) is 0 Å². The lowest BCUT2D eigenvalue weighted by atomic mass is 9.77. The second kappa shape index (κ2) is 9.71. The van der Waals surface area contributed by atoms with Crippen LogP contribution in [0.5, 0.6) is 0 Å². The number of benzene rings is 4. The van der Waals surface area contributed by atoms with Gasteiger partial charge in [0.25, 0.3) is 0 Å². The average Bonchev–Trinajstić information content (AvgIpc) is 3.19. The normalized spacial score (nSPS) is 11.0. The molecule has 0 fully saturated rings. The van der Waals surface area contributed by atoms with Gasteiger partial charge in [-0.2, -0.15) is 0 Å². The van der Waals surface area contributed by atoms with E-state index in [1.54, 1.807) is 24.3 Å². The van der Waals surface area contributed by atoms with Gasteiger partial charge in [0, 0.05) is 11.1 Å². The first kappa shape index (κ1) is 27.3. The number of hydrogen-bond donors (Lipinski definition) is 6. The van der Waals surface area contributed by atoms with Gasteiger partial charge < -0.3 is 34.4 Å². The third-order valence-corrected chi connectivity index (χ3v) is 7.12. The first-order valence-electron chi connectivity index (χ1n) is 12.3. The topological polar surface area (TPSA) is 259 Å². The Morgan fingerprint density at radius 3 is 1.19 bits per heavy atom. The van der Waals surface area contributed by atoms with Crippen molar-refractivity contribution < 1.29 is 28.8 Å². The molecule has 0 unspecified atom stereocenters. The zero-order valence-corrected chi connectivity index (χ0v) is 21.7. The molecule has 0 spiro atoms. The molecule has 0 aliphatic heterocycles. The maximum Gasteiger partial charge on any atom is 0.250 e. The lowest BCUT2D eigenvalue weighted by Gasteiger charge is -2.25. The van der Waals surface area contributed by atoms with E-state index in [0.29, 0.717) is 16.7 Å². The molecule has 0 saturated heterocycles. The fraction of sp³-hybridized carbons (Fsp3) is 0. The summed E-state index contributed by atoms with van der Waals surface area (Å²) in [6.45, 7) is 0. The van der Waals surface area contributed by atoms with Gasteiger partial charge in [-0.05, 0) is 51.6 Å². The maximum absolute atomic E-state index is 13.3. The second-order valence-corrected chi connectivity index (χ2v) is 9.47. The zero-order valence-electron chi connectivity index (χ0n) is 21.7. The highest BCUT2D eigenvalue weighted by atomic mass is 16.2. The second-order valence-electron chi connectivity index (χ2n) is 9.47. The molecular formula is C30H22N6O6. The summed E-state index contributed by atoms with van der Waals surface area (Å²) >= 11 is 0. The molecule has 4 aromatic carbocycles. The van der Waals surface area contributed by atoms with Crippen LogP contribution >= 0.6 is 0 Å². The molecule has 4 aromatic rings. The van der Waals surface area contributed by atoms with Crippen molar-refractivity contribution in [3.8, 4) is 44.5 Å². The smallest absolute Gasteiger partial charge is 0.250 e. The summed E-state index contributed by atoms with van der Waals surface area (Å²) in [5.74, 6) is -6.27. The monoisotopic (exact) mass is 562 g/mol. The molecule has 1 aliphatic carbocycles. The van der Waals surface area contributed by atoms with Crippen LogP contribution in [0.4, 0.5) is 0 Å². The van der Waals surface area contributed by atoms with Crippen LogP contribution in [0.25, 0.3) is 44.5 Å². The largest absolute Gasteiger partial charge is 0.366 e. The van der Waals surface area contributed by atoms with Crippen molar-refractivity contribution >= 4 is 35.4 Å². The maximum atomic E-state index is 13.3. The van der Waals surface area contributed by atoms with Crippen molar-refractivity contribution in [2.75, 3.05) is 0 Å². The Morgan fingerprint density at radius 1 is 0.381 bits per heavy atom. The molecule has 6 amide bonds. The molecular weight excluding hydrogens is 540 g/mol. The Kier molecular flexibility index (Phi) is 6.31. The van der Waals surface area contributed by atoms with E-state index >= 15 is 0 Å². The fourth-order valence-corrected chi connectivity index (χ4v) is 5.65. The van der Waals surface area contributed by atoms with Crippen molar-refractivity contribution in [2.45, 2.75) is 0 Å². The average molecular weight is 563 g/mol. The summed E-state index contributed by atoms with van der Waals surface area (Å²) in [4.78, 5) is 76.8. The Balaban J connectivity index is 2.18. The van der Waals surface area contributed by atoms with Gasteiger partial charge in [0.2, 0.25) is 35.4 Å². The highest BCUT2D eigenvalue weighted by Gasteiger charge is 2.37. The van der Waals surface area contributed by atoms with E-state index in [4.69, 9.17) is 34.4 Å². The van der Waals surface area contributed by atoms with Gasteiger partial charge >= 0.3 is 0 Å². The van der Waals surface area contributed by atoms with Crippen molar-refractivity contribution in [1.29, 1.82) is 0 Å². The number of primary amides is 6. The lowest BCUT2D eigenvalue weighted by Crippen LogP contribution is -2.26. The first-order valence-corrected chi connectivity index (χ1v) is 12.3. The highest BCUT2D eigenvalue weighted by molar-refractivity contribution is 6.25. The minimum atomic E-state index is -1.13. The number of rotatable bonds is 8. The molecule has 12 N–H and O–H groups in total. The highest BCUT2D eigenvalue weighted by Crippen LogP contribution is 2.54. The van der Waals surface area contributed by atoms with E-state index in [9.17, 15) is 28.8 Å². The first-order chi connectivity index (χ1) is 19.9. The van der Waals surface area contributed by atoms with E-state index in [-0.39, 0.29) is 55.6 Å². The molecule has 12 heteroatoms. The summed E-state index contributed by atoms with van der Waals surface area (Å²) < 4.78 is 0. The summed E-state index contributed by atoms with van der Waals surface area (Å²) in [7, 11) is 0. The molecule has 0 atom stereocenters. The number of carbonyl (C=O) groups excluding carboxylic acids is 6. The molecule has 1 aliphatic rings. The minimum absolute atomic E-state index is 0.0194. The van der Waals surface area contributed by atoms with Crippen molar-refractivity contribution in [2.24, 2.45) is 34.4 Å². The number of fused-ring (bicyclic) bond motifs is 5. The summed E-state index contributed by atoms with van der Waals surface area (Å²) in [5.41, 5.74) is 33.8. The van der Waals surface area contributed by atoms with Gasteiger partial charge in [-0.3, -0.25) is 28.8 Å². The van der Waals surface area contributed by atoms with E-state index in [2.05, 4.69) is 0 Å². The molecule has 2 bridgehead atoms. The van der Waals surface area contributed by atoms with Gasteiger partial charge in [0.15, 0.2) is 0 Å². The number of carbonyl (C=O) groups is 6. The Bertz CT molecular complexity index is 1960. The van der Waals surface area contributed by atoms with Gasteiger partial charge in [-0.15, -0.1) is 0 Å². The zero-order chi connectivity index (χ0) is 30.6. The van der Waals surface area contributed by atoms with Crippen LogP contribution in [0.3, 0.4) is 0 Å². The quantitative estimate of drug-likeness (QED) is 0.162. The van der Waals surface area contributed by atoms with Crippen LogP contribution in [0.1, 0.15) is 62.1 Å². The molecule has 42 heavy (non-hydrogen) atoms. The minimum Gasteiger partial charge on any atom is -0.366 e. The fourth-order valence-electron chi connectivity index (χ4n) is 5.65. The number of nitrogens with two attached hydrogens (primary N) is 6. The lowest BCUT2D eigenvalue weighted by molar-refractivity contribution is 0.0966. The summed E-state index contributed by atoms with van der Waals surface area (Å²) in [6.07, 6.45) is 0. The molecule has 0 heterocycles. The van der Waals surface area contributed by atoms with Crippen LogP contribution in [0, 0.1) is 0 Å². The van der Waals surface area contributed by atoms with Crippen LogP contribution in [0.15, 0.2) is 60.7 Å². The Labute approximate surface area is 237 Å². The molecule has 5 rings (SSSR count). The van der Waals surface area contributed by atoms with Gasteiger partial charge in [0.1, 0.15) is 0 Å². The SMILES string of the molecule is NC(=O)c1cccc(-c2c(C(N)=O)c(C(N)=O)c3c(c2-c2cccc(C(N)=O)c2C(N)=O)-c2cccc-3c2)c1C(N)=O. The predicted molar refractivity (Wildman–Crippen MR) is 153 cm³/mol. The van der Waals surface area contributed by atoms with Crippen LogP contribution in [-0.4, -0.2) is 35.4 Å². The van der Waals surface area contributed by atoms with E-state index in [1.165, 1.54) is 36.4 Å². The Morgan fingerprint density at radius 2 is 0.762 bits per heavy atom. The molecule has 0 aromatic heterocycles. The molecule has 208 valence electrons. The summed E-state index contributed by atoms with van der Waals surface area (Å²) in [6, 6.07) is 15.0. The molecule has 12 nitrogen and oxygen atoms in total.